The monoisotopic (exact) mass is 596 g/mol. The summed E-state index contributed by atoms with van der Waals surface area (Å²) in [6.45, 7) is 5.29. The maximum atomic E-state index is 12.9. The maximum Gasteiger partial charge on any atom is 0.258 e. The number of ether oxygens (including phenoxy) is 1. The van der Waals surface area contributed by atoms with Gasteiger partial charge in [0.15, 0.2) is 6.61 Å². The highest BCUT2D eigenvalue weighted by atomic mass is 35.5. The number of benzene rings is 2. The third kappa shape index (κ3) is 8.46. The van der Waals surface area contributed by atoms with Crippen molar-refractivity contribution in [3.63, 3.8) is 0 Å². The van der Waals surface area contributed by atoms with Gasteiger partial charge in [-0.25, -0.2) is 0 Å². The summed E-state index contributed by atoms with van der Waals surface area (Å²) in [5.41, 5.74) is 0.871. The molecule has 1 heterocycles. The number of nitrogens with one attached hydrogen (secondary N) is 2. The Morgan fingerprint density at radius 1 is 0.949 bits per heavy atom. The van der Waals surface area contributed by atoms with E-state index < -0.39 is 5.54 Å². The summed E-state index contributed by atoms with van der Waals surface area (Å²) in [7, 11) is 0. The summed E-state index contributed by atoms with van der Waals surface area (Å²) >= 11 is 18.3. The van der Waals surface area contributed by atoms with E-state index in [-0.39, 0.29) is 30.8 Å². The number of aliphatic hydroxyl groups is 1. The summed E-state index contributed by atoms with van der Waals surface area (Å²) in [6, 6.07) is 10.5. The first kappa shape index (κ1) is 29.9. The van der Waals surface area contributed by atoms with Crippen molar-refractivity contribution in [3.05, 3.63) is 62.6 Å². The van der Waals surface area contributed by atoms with Crippen LogP contribution >= 0.6 is 34.8 Å². The minimum atomic E-state index is -0.579. The predicted octanol–water partition coefficient (Wildman–Crippen LogP) is 3.99. The Balaban J connectivity index is 1.21. The van der Waals surface area contributed by atoms with E-state index in [9.17, 15) is 14.7 Å². The largest absolute Gasteiger partial charge is 0.483 e. The Labute approximate surface area is 244 Å². The average Bonchev–Trinajstić information content (AvgIpc) is 3.39. The first-order valence-electron chi connectivity index (χ1n) is 13.3. The van der Waals surface area contributed by atoms with Crippen molar-refractivity contribution in [2.75, 3.05) is 52.5 Å². The summed E-state index contributed by atoms with van der Waals surface area (Å²) < 4.78 is 5.70. The van der Waals surface area contributed by atoms with Crippen LogP contribution in [0.3, 0.4) is 0 Å². The number of nitrogens with zero attached hydrogens (tertiary/aromatic N) is 2. The van der Waals surface area contributed by atoms with Crippen molar-refractivity contribution >= 4 is 46.6 Å². The van der Waals surface area contributed by atoms with Crippen molar-refractivity contribution in [2.24, 2.45) is 0 Å². The average molecular weight is 598 g/mol. The van der Waals surface area contributed by atoms with Gasteiger partial charge < -0.3 is 20.5 Å². The number of aliphatic hydroxyl groups excluding tert-OH is 1. The number of rotatable bonds is 11. The number of halogens is 3. The second-order valence-corrected chi connectivity index (χ2v) is 11.5. The van der Waals surface area contributed by atoms with Crippen LogP contribution in [0.25, 0.3) is 0 Å². The zero-order chi connectivity index (χ0) is 27.8. The quantitative estimate of drug-likeness (QED) is 0.363. The fourth-order valence-electron chi connectivity index (χ4n) is 5.14. The smallest absolute Gasteiger partial charge is 0.258 e. The number of carbonyl (C=O) groups excluding carboxylic acids is 2. The Morgan fingerprint density at radius 2 is 1.67 bits per heavy atom. The Bertz CT molecular complexity index is 1150. The van der Waals surface area contributed by atoms with Crippen LogP contribution in [0.1, 0.15) is 41.6 Å². The Kier molecular flexibility index (Phi) is 10.7. The first-order chi connectivity index (χ1) is 18.8. The fraction of sp³-hybridized carbons (Fsp3) is 0.500. The third-order valence-electron chi connectivity index (χ3n) is 7.38. The molecule has 0 radical (unpaired) electrons. The van der Waals surface area contributed by atoms with Crippen molar-refractivity contribution in [3.8, 4) is 5.75 Å². The number of piperazine rings is 1. The van der Waals surface area contributed by atoms with E-state index in [4.69, 9.17) is 39.5 Å². The van der Waals surface area contributed by atoms with E-state index in [1.807, 2.05) is 18.2 Å². The van der Waals surface area contributed by atoms with E-state index in [1.54, 1.807) is 12.1 Å². The lowest BCUT2D eigenvalue weighted by Crippen LogP contribution is -2.50. The SMILES string of the molecule is O=C(COc1cc(Cl)ccc1C(=O)NCCN1CCN(Cc2ccc(Cl)c(Cl)c2)CC1)NC1(CO)CCCC1. The number of carbonyl (C=O) groups is 2. The van der Waals surface area contributed by atoms with Crippen molar-refractivity contribution in [1.29, 1.82) is 0 Å². The zero-order valence-corrected chi connectivity index (χ0v) is 24.1. The van der Waals surface area contributed by atoms with E-state index in [0.717, 1.165) is 70.5 Å². The molecule has 11 heteroatoms. The highest BCUT2D eigenvalue weighted by molar-refractivity contribution is 6.42. The lowest BCUT2D eigenvalue weighted by atomic mass is 9.99. The molecule has 0 atom stereocenters. The van der Waals surface area contributed by atoms with Crippen LogP contribution in [0, 0.1) is 0 Å². The number of hydrogen-bond acceptors (Lipinski definition) is 6. The van der Waals surface area contributed by atoms with Gasteiger partial charge in [-0.3, -0.25) is 19.4 Å². The van der Waals surface area contributed by atoms with Gasteiger partial charge in [0.05, 0.1) is 27.8 Å². The van der Waals surface area contributed by atoms with Gasteiger partial charge in [0.2, 0.25) is 0 Å². The normalized spacial score (nSPS) is 17.6. The molecular weight excluding hydrogens is 563 g/mol. The molecule has 4 rings (SSSR count). The molecule has 0 unspecified atom stereocenters. The molecule has 1 saturated heterocycles. The van der Waals surface area contributed by atoms with Gasteiger partial charge in [0.25, 0.3) is 11.8 Å². The molecule has 212 valence electrons. The van der Waals surface area contributed by atoms with Crippen LogP contribution in [-0.2, 0) is 11.3 Å². The van der Waals surface area contributed by atoms with Gasteiger partial charge in [0.1, 0.15) is 5.75 Å². The highest BCUT2D eigenvalue weighted by Gasteiger charge is 2.34. The lowest BCUT2D eigenvalue weighted by molar-refractivity contribution is -0.125. The van der Waals surface area contributed by atoms with Gasteiger partial charge in [0, 0.05) is 50.8 Å². The zero-order valence-electron chi connectivity index (χ0n) is 21.9. The molecule has 2 aliphatic rings. The Hall–Kier alpha value is -2.07. The van der Waals surface area contributed by atoms with Gasteiger partial charge in [-0.2, -0.15) is 0 Å². The number of amides is 2. The first-order valence-corrected chi connectivity index (χ1v) is 14.4. The minimum absolute atomic E-state index is 0.101. The minimum Gasteiger partial charge on any atom is -0.483 e. The molecule has 3 N–H and O–H groups in total. The molecule has 8 nitrogen and oxygen atoms in total. The van der Waals surface area contributed by atoms with Crippen molar-refractivity contribution < 1.29 is 19.4 Å². The van der Waals surface area contributed by atoms with Crippen LogP contribution in [0.5, 0.6) is 5.75 Å². The highest BCUT2D eigenvalue weighted by Crippen LogP contribution is 2.29. The van der Waals surface area contributed by atoms with Crippen LogP contribution in [-0.4, -0.2) is 84.7 Å². The van der Waals surface area contributed by atoms with Gasteiger partial charge in [-0.05, 0) is 48.7 Å². The van der Waals surface area contributed by atoms with Crippen LogP contribution in [0.15, 0.2) is 36.4 Å². The third-order valence-corrected chi connectivity index (χ3v) is 8.36. The van der Waals surface area contributed by atoms with E-state index in [1.165, 1.54) is 6.07 Å². The standard InChI is InChI=1S/C28H35Cl3N4O4/c29-21-4-5-22(25(16-21)39-18-26(37)33-28(19-36)7-1-2-8-28)27(38)32-9-10-34-11-13-35(14-12-34)17-20-3-6-23(30)24(31)15-20/h3-6,15-16,36H,1-2,7-14,17-19H2,(H,32,38)(H,33,37). The molecule has 2 aromatic carbocycles. The van der Waals surface area contributed by atoms with Crippen LogP contribution in [0.2, 0.25) is 15.1 Å². The summed E-state index contributed by atoms with van der Waals surface area (Å²) in [4.78, 5) is 30.1. The summed E-state index contributed by atoms with van der Waals surface area (Å²) in [5, 5.41) is 17.1. The molecule has 39 heavy (non-hydrogen) atoms. The molecule has 1 aliphatic carbocycles. The maximum absolute atomic E-state index is 12.9. The van der Waals surface area contributed by atoms with Gasteiger partial charge in [-0.1, -0.05) is 53.7 Å². The van der Waals surface area contributed by atoms with E-state index >= 15 is 0 Å². The van der Waals surface area contributed by atoms with Crippen LogP contribution < -0.4 is 15.4 Å². The molecule has 2 aromatic rings. The molecule has 1 saturated carbocycles. The molecule has 2 amide bonds. The lowest BCUT2D eigenvalue weighted by Gasteiger charge is -2.34. The summed E-state index contributed by atoms with van der Waals surface area (Å²) in [5.74, 6) is -0.380. The Morgan fingerprint density at radius 3 is 2.36 bits per heavy atom. The number of hydrogen-bond donors (Lipinski definition) is 3. The second-order valence-electron chi connectivity index (χ2n) is 10.2. The topological polar surface area (TPSA) is 94.1 Å². The fourth-order valence-corrected chi connectivity index (χ4v) is 5.63. The van der Waals surface area contributed by atoms with Crippen LogP contribution in [0.4, 0.5) is 0 Å². The molecule has 1 aliphatic heterocycles. The van der Waals surface area contributed by atoms with Crippen molar-refractivity contribution in [1.82, 2.24) is 20.4 Å². The van der Waals surface area contributed by atoms with E-state index in [2.05, 4.69) is 20.4 Å². The molecule has 0 spiro atoms. The second kappa shape index (κ2) is 14.0. The molecule has 2 fully saturated rings. The van der Waals surface area contributed by atoms with Crippen molar-refractivity contribution in [2.45, 2.75) is 37.8 Å². The molecular formula is C28H35Cl3N4O4. The molecule has 0 aromatic heterocycles. The van der Waals surface area contributed by atoms with Gasteiger partial charge >= 0.3 is 0 Å². The summed E-state index contributed by atoms with van der Waals surface area (Å²) in [6.07, 6.45) is 3.42. The van der Waals surface area contributed by atoms with Gasteiger partial charge in [-0.15, -0.1) is 0 Å². The van der Waals surface area contributed by atoms with E-state index in [0.29, 0.717) is 27.2 Å². The molecule has 0 bridgehead atoms. The predicted molar refractivity (Wildman–Crippen MR) is 154 cm³/mol.